The zero-order valence-corrected chi connectivity index (χ0v) is 6.98. The van der Waals surface area contributed by atoms with Crippen molar-refractivity contribution in [2.24, 2.45) is 5.73 Å². The summed E-state index contributed by atoms with van der Waals surface area (Å²) in [6.07, 6.45) is 8.78. The molecule has 3 nitrogen and oxygen atoms in total. The molecule has 12 heavy (non-hydrogen) atoms. The molecular weight excluding hydrogens is 150 g/mol. The van der Waals surface area contributed by atoms with Crippen LogP contribution in [-0.4, -0.2) is 16.0 Å². The monoisotopic (exact) mass is 163 g/mol. The molecule has 1 aromatic rings. The van der Waals surface area contributed by atoms with Gasteiger partial charge in [0.2, 0.25) is 0 Å². The van der Waals surface area contributed by atoms with E-state index < -0.39 is 0 Å². The van der Waals surface area contributed by atoms with Crippen LogP contribution in [0.2, 0.25) is 0 Å². The summed E-state index contributed by atoms with van der Waals surface area (Å²) in [6, 6.07) is 0.384. The lowest BCUT2D eigenvalue weighted by Crippen LogP contribution is -2.14. The summed E-state index contributed by atoms with van der Waals surface area (Å²) in [5.41, 5.74) is 7.06. The number of nitrogens with two attached hydrogens (primary N) is 1. The molecule has 2 unspecified atom stereocenters. The minimum atomic E-state index is 0.384. The number of hydrogen-bond acceptors (Lipinski definition) is 3. The van der Waals surface area contributed by atoms with Crippen molar-refractivity contribution in [2.45, 2.75) is 31.2 Å². The molecule has 0 radical (unpaired) electrons. The Kier molecular flexibility index (Phi) is 2.04. The molecule has 0 bridgehead atoms. The van der Waals surface area contributed by atoms with E-state index in [2.05, 4.69) is 9.97 Å². The predicted octanol–water partition coefficient (Wildman–Crippen LogP) is 1.07. The first kappa shape index (κ1) is 7.68. The van der Waals surface area contributed by atoms with Gasteiger partial charge < -0.3 is 5.73 Å². The fraction of sp³-hybridized carbons (Fsp3) is 0.556. The van der Waals surface area contributed by atoms with Crippen LogP contribution in [0.1, 0.15) is 30.7 Å². The first-order chi connectivity index (χ1) is 5.86. The van der Waals surface area contributed by atoms with Gasteiger partial charge in [0.15, 0.2) is 0 Å². The zero-order valence-electron chi connectivity index (χ0n) is 6.98. The molecule has 1 aliphatic carbocycles. The first-order valence-electron chi connectivity index (χ1n) is 4.37. The lowest BCUT2D eigenvalue weighted by molar-refractivity contribution is 0.671. The van der Waals surface area contributed by atoms with Gasteiger partial charge in [0, 0.05) is 18.4 Å². The Hall–Kier alpha value is -0.960. The normalized spacial score (nSPS) is 29.1. The lowest BCUT2D eigenvalue weighted by atomic mass is 10.0. The van der Waals surface area contributed by atoms with Gasteiger partial charge in [0.25, 0.3) is 0 Å². The highest BCUT2D eigenvalue weighted by Gasteiger charge is 2.23. The molecule has 0 saturated heterocycles. The Morgan fingerprint density at radius 3 is 2.58 bits per heavy atom. The second-order valence-corrected chi connectivity index (χ2v) is 3.44. The van der Waals surface area contributed by atoms with Gasteiger partial charge >= 0.3 is 0 Å². The van der Waals surface area contributed by atoms with Crippen LogP contribution in [0.3, 0.4) is 0 Å². The van der Waals surface area contributed by atoms with E-state index in [4.69, 9.17) is 5.73 Å². The lowest BCUT2D eigenvalue weighted by Gasteiger charge is -2.07. The van der Waals surface area contributed by atoms with E-state index in [1.165, 1.54) is 12.0 Å². The second kappa shape index (κ2) is 3.19. The third kappa shape index (κ3) is 1.46. The van der Waals surface area contributed by atoms with Crippen molar-refractivity contribution < 1.29 is 0 Å². The minimum absolute atomic E-state index is 0.384. The fourth-order valence-corrected chi connectivity index (χ4v) is 1.84. The SMILES string of the molecule is NC1CCC(c2cncnc2)C1. The Labute approximate surface area is 72.0 Å². The van der Waals surface area contributed by atoms with Crippen molar-refractivity contribution in [2.75, 3.05) is 0 Å². The molecule has 0 aliphatic heterocycles. The van der Waals surface area contributed by atoms with Crippen LogP contribution >= 0.6 is 0 Å². The number of nitrogens with zero attached hydrogens (tertiary/aromatic N) is 2. The smallest absolute Gasteiger partial charge is 0.115 e. The van der Waals surface area contributed by atoms with Crippen molar-refractivity contribution in [3.8, 4) is 0 Å². The summed E-state index contributed by atoms with van der Waals surface area (Å²) in [7, 11) is 0. The molecule has 0 spiro atoms. The number of rotatable bonds is 1. The predicted molar refractivity (Wildman–Crippen MR) is 46.6 cm³/mol. The van der Waals surface area contributed by atoms with Crippen LogP contribution in [-0.2, 0) is 0 Å². The largest absolute Gasteiger partial charge is 0.328 e. The molecule has 1 aromatic heterocycles. The molecule has 2 rings (SSSR count). The maximum absolute atomic E-state index is 5.82. The topological polar surface area (TPSA) is 51.8 Å². The summed E-state index contributed by atoms with van der Waals surface area (Å²) >= 11 is 0. The summed E-state index contributed by atoms with van der Waals surface area (Å²) in [5, 5.41) is 0. The Balaban J connectivity index is 2.11. The van der Waals surface area contributed by atoms with Crippen LogP contribution in [0, 0.1) is 0 Å². The third-order valence-electron chi connectivity index (χ3n) is 2.53. The summed E-state index contributed by atoms with van der Waals surface area (Å²) in [4.78, 5) is 8.00. The maximum Gasteiger partial charge on any atom is 0.115 e. The molecule has 2 N–H and O–H groups in total. The number of aromatic nitrogens is 2. The Morgan fingerprint density at radius 1 is 1.25 bits per heavy atom. The maximum atomic E-state index is 5.82. The standard InChI is InChI=1S/C9H13N3/c10-9-2-1-7(3-9)8-4-11-6-12-5-8/h4-7,9H,1-3,10H2. The van der Waals surface area contributed by atoms with E-state index in [1.54, 1.807) is 6.33 Å². The van der Waals surface area contributed by atoms with E-state index in [9.17, 15) is 0 Å². The molecule has 1 aliphatic rings. The van der Waals surface area contributed by atoms with Gasteiger partial charge in [0.1, 0.15) is 6.33 Å². The minimum Gasteiger partial charge on any atom is -0.328 e. The molecule has 1 heterocycles. The highest BCUT2D eigenvalue weighted by molar-refractivity contribution is 5.12. The molecule has 0 amide bonds. The molecule has 2 atom stereocenters. The van der Waals surface area contributed by atoms with Gasteiger partial charge in [0.05, 0.1) is 0 Å². The quantitative estimate of drug-likeness (QED) is 0.673. The Morgan fingerprint density at radius 2 is 2.00 bits per heavy atom. The van der Waals surface area contributed by atoms with Gasteiger partial charge in [-0.1, -0.05) is 0 Å². The van der Waals surface area contributed by atoms with Crippen molar-refractivity contribution in [3.05, 3.63) is 24.3 Å². The fourth-order valence-electron chi connectivity index (χ4n) is 1.84. The molecular formula is C9H13N3. The average Bonchev–Trinajstić information content (AvgIpc) is 2.54. The van der Waals surface area contributed by atoms with Gasteiger partial charge in [-0.15, -0.1) is 0 Å². The van der Waals surface area contributed by atoms with Crippen LogP contribution in [0.25, 0.3) is 0 Å². The summed E-state index contributed by atoms with van der Waals surface area (Å²) < 4.78 is 0. The second-order valence-electron chi connectivity index (χ2n) is 3.44. The molecule has 1 fully saturated rings. The van der Waals surface area contributed by atoms with Gasteiger partial charge in [-0.25, -0.2) is 9.97 Å². The van der Waals surface area contributed by atoms with Crippen molar-refractivity contribution in [3.63, 3.8) is 0 Å². The Bertz CT molecular complexity index is 247. The van der Waals surface area contributed by atoms with Crippen LogP contribution in [0.4, 0.5) is 0 Å². The zero-order chi connectivity index (χ0) is 8.39. The molecule has 64 valence electrons. The van der Waals surface area contributed by atoms with Crippen LogP contribution in [0.15, 0.2) is 18.7 Å². The van der Waals surface area contributed by atoms with E-state index >= 15 is 0 Å². The van der Waals surface area contributed by atoms with E-state index in [0.717, 1.165) is 12.8 Å². The van der Waals surface area contributed by atoms with E-state index in [1.807, 2.05) is 12.4 Å². The van der Waals surface area contributed by atoms with Crippen molar-refractivity contribution in [1.82, 2.24) is 9.97 Å². The van der Waals surface area contributed by atoms with E-state index in [0.29, 0.717) is 12.0 Å². The molecule has 1 saturated carbocycles. The highest BCUT2D eigenvalue weighted by Crippen LogP contribution is 2.32. The van der Waals surface area contributed by atoms with Gasteiger partial charge in [-0.2, -0.15) is 0 Å². The third-order valence-corrected chi connectivity index (χ3v) is 2.53. The summed E-state index contributed by atoms with van der Waals surface area (Å²) in [5.74, 6) is 0.598. The number of hydrogen-bond donors (Lipinski definition) is 1. The van der Waals surface area contributed by atoms with Crippen LogP contribution < -0.4 is 5.73 Å². The van der Waals surface area contributed by atoms with Gasteiger partial charge in [-0.05, 0) is 30.7 Å². The van der Waals surface area contributed by atoms with Crippen LogP contribution in [0.5, 0.6) is 0 Å². The first-order valence-corrected chi connectivity index (χ1v) is 4.37. The molecule has 3 heteroatoms. The van der Waals surface area contributed by atoms with E-state index in [-0.39, 0.29) is 0 Å². The van der Waals surface area contributed by atoms with Crippen molar-refractivity contribution >= 4 is 0 Å². The average molecular weight is 163 g/mol. The van der Waals surface area contributed by atoms with Gasteiger partial charge in [-0.3, -0.25) is 0 Å². The summed E-state index contributed by atoms with van der Waals surface area (Å²) in [6.45, 7) is 0. The highest BCUT2D eigenvalue weighted by atomic mass is 14.8. The van der Waals surface area contributed by atoms with Crippen molar-refractivity contribution in [1.29, 1.82) is 0 Å². The molecule has 0 aromatic carbocycles.